The molecule has 3 nitrogen and oxygen atoms in total. The molecule has 88 valence electrons. The first-order chi connectivity index (χ1) is 7.95. The Labute approximate surface area is 93.4 Å². The van der Waals surface area contributed by atoms with Crippen LogP contribution in [0.15, 0.2) is 30.5 Å². The Bertz CT molecular complexity index is 598. The van der Waals surface area contributed by atoms with Crippen molar-refractivity contribution in [2.24, 2.45) is 0 Å². The molecule has 2 aromatic rings. The van der Waals surface area contributed by atoms with Gasteiger partial charge in [0.15, 0.2) is 6.29 Å². The van der Waals surface area contributed by atoms with E-state index in [0.29, 0.717) is 6.20 Å². The Kier molecular flexibility index (Phi) is 2.49. The average molecular weight is 241 g/mol. The molecular formula is C11H6F3NO2. The van der Waals surface area contributed by atoms with E-state index in [-0.39, 0.29) is 27.3 Å². The number of aromatic nitrogens is 1. The van der Waals surface area contributed by atoms with Gasteiger partial charge in [0, 0.05) is 11.6 Å². The van der Waals surface area contributed by atoms with Crippen LogP contribution in [-0.2, 0) is 11.1 Å². The average Bonchev–Trinajstić information content (AvgIpc) is 2.67. The van der Waals surface area contributed by atoms with Gasteiger partial charge in [-0.1, -0.05) is 18.2 Å². The molecule has 0 aliphatic rings. The van der Waals surface area contributed by atoms with E-state index >= 15 is 0 Å². The van der Waals surface area contributed by atoms with Gasteiger partial charge in [0.05, 0.1) is 11.1 Å². The van der Waals surface area contributed by atoms with Gasteiger partial charge in [-0.15, -0.1) is 13.2 Å². The fraction of sp³-hybridized carbons (Fsp3) is 0.0909. The quantitative estimate of drug-likeness (QED) is 0.460. The van der Waals surface area contributed by atoms with Gasteiger partial charge in [0.25, 0.3) is 0 Å². The third-order valence-corrected chi connectivity index (χ3v) is 2.36. The minimum absolute atomic E-state index is 0.00247. The molecule has 0 saturated carbocycles. The minimum atomic E-state index is -4.62. The van der Waals surface area contributed by atoms with E-state index in [1.54, 1.807) is 0 Å². The van der Waals surface area contributed by atoms with E-state index in [2.05, 4.69) is 0 Å². The summed E-state index contributed by atoms with van der Waals surface area (Å²) in [6.07, 6.45) is -3.98. The van der Waals surface area contributed by atoms with E-state index < -0.39 is 12.1 Å². The van der Waals surface area contributed by atoms with Crippen LogP contribution >= 0.6 is 0 Å². The molecule has 2 rings (SSSR count). The molecule has 0 aliphatic carbocycles. The lowest BCUT2D eigenvalue weighted by atomic mass is 10.1. The number of nitrogens with zero attached hydrogens (tertiary/aromatic N) is 1. The Morgan fingerprint density at radius 1 is 1.24 bits per heavy atom. The molecule has 0 radical (unpaired) electrons. The van der Waals surface area contributed by atoms with Crippen molar-refractivity contribution >= 4 is 23.0 Å². The Morgan fingerprint density at radius 2 is 1.88 bits per heavy atom. The summed E-state index contributed by atoms with van der Waals surface area (Å²) in [5, 5.41) is 0.113. The van der Waals surface area contributed by atoms with E-state index in [9.17, 15) is 22.8 Å². The lowest BCUT2D eigenvalue weighted by Gasteiger charge is -2.08. The summed E-state index contributed by atoms with van der Waals surface area (Å²) in [4.78, 5) is 21.6. The maximum absolute atomic E-state index is 12.7. The van der Waals surface area contributed by atoms with Crippen LogP contribution in [0.2, 0.25) is 0 Å². The molecule has 0 fully saturated rings. The number of Topliss-reactive ketones (excluding diaryl/α,β-unsaturated/α-hetero) is 1. The van der Waals surface area contributed by atoms with E-state index in [1.165, 1.54) is 24.3 Å². The van der Waals surface area contributed by atoms with Gasteiger partial charge < -0.3 is 0 Å². The molecule has 0 amide bonds. The van der Waals surface area contributed by atoms with Crippen molar-refractivity contribution in [1.82, 2.24) is 4.57 Å². The molecule has 0 N–H and O–H groups in total. The number of hydrogen-bond acceptors (Lipinski definition) is 2. The molecule has 1 aromatic carbocycles. The number of para-hydroxylation sites is 1. The number of alkyl halides is 3. The first kappa shape index (κ1) is 11.4. The lowest BCUT2D eigenvalue weighted by molar-refractivity contribution is -0.200. The number of aldehydes is 1. The van der Waals surface area contributed by atoms with E-state index in [1.807, 2.05) is 0 Å². The molecular weight excluding hydrogens is 235 g/mol. The normalized spacial score (nSPS) is 11.7. The Hall–Kier alpha value is -2.11. The molecule has 1 aromatic heterocycles. The zero-order valence-electron chi connectivity index (χ0n) is 8.36. The summed E-state index contributed by atoms with van der Waals surface area (Å²) in [6.45, 7) is 0. The highest BCUT2D eigenvalue weighted by Crippen LogP contribution is 2.31. The molecule has 1 heterocycles. The highest BCUT2D eigenvalue weighted by molar-refractivity contribution is 6.36. The summed E-state index contributed by atoms with van der Waals surface area (Å²) in [6, 6.07) is 5.54. The van der Waals surface area contributed by atoms with E-state index in [0.717, 1.165) is 0 Å². The number of halogens is 3. The third kappa shape index (κ3) is 1.82. The monoisotopic (exact) mass is 241 g/mol. The summed E-state index contributed by atoms with van der Waals surface area (Å²) in [5.74, 6) is -0.968. The zero-order valence-corrected chi connectivity index (χ0v) is 8.36. The first-order valence-electron chi connectivity index (χ1n) is 4.62. The minimum Gasteiger partial charge on any atom is -0.294 e. The maximum Gasteiger partial charge on any atom is 0.488 e. The number of benzene rings is 1. The van der Waals surface area contributed by atoms with E-state index in [4.69, 9.17) is 0 Å². The van der Waals surface area contributed by atoms with Gasteiger partial charge in [-0.05, 0) is 6.07 Å². The number of fused-ring (bicyclic) bond motifs is 1. The molecule has 0 aliphatic heterocycles. The third-order valence-electron chi connectivity index (χ3n) is 2.36. The van der Waals surface area contributed by atoms with Crippen molar-refractivity contribution in [2.75, 3.05) is 0 Å². The number of rotatable bonds is 2. The Morgan fingerprint density at radius 3 is 2.47 bits per heavy atom. The molecule has 0 saturated heterocycles. The van der Waals surface area contributed by atoms with Crippen molar-refractivity contribution in [1.29, 1.82) is 0 Å². The van der Waals surface area contributed by atoms with Crippen LogP contribution in [-0.4, -0.2) is 16.6 Å². The van der Waals surface area contributed by atoms with Crippen LogP contribution in [0, 0.1) is 0 Å². The standard InChI is InChI=1S/C11H6F3NO2/c12-11(13,14)15-5-8(10(17)6-16)7-3-1-2-4-9(7)15/h1-6H. The number of ketones is 1. The van der Waals surface area contributed by atoms with Crippen molar-refractivity contribution in [2.45, 2.75) is 6.30 Å². The second-order valence-electron chi connectivity index (χ2n) is 3.38. The van der Waals surface area contributed by atoms with Gasteiger partial charge in [0.2, 0.25) is 5.78 Å². The predicted octanol–water partition coefficient (Wildman–Crippen LogP) is 2.50. The van der Waals surface area contributed by atoms with Gasteiger partial charge in [0.1, 0.15) is 0 Å². The number of carbonyl (C=O) groups is 2. The molecule has 0 unspecified atom stereocenters. The zero-order chi connectivity index (χ0) is 12.6. The van der Waals surface area contributed by atoms with Gasteiger partial charge in [-0.25, -0.2) is 0 Å². The van der Waals surface area contributed by atoms with Crippen molar-refractivity contribution in [3.63, 3.8) is 0 Å². The first-order valence-corrected chi connectivity index (χ1v) is 4.62. The number of carbonyl (C=O) groups excluding carboxylic acids is 2. The fourth-order valence-corrected chi connectivity index (χ4v) is 1.65. The van der Waals surface area contributed by atoms with Crippen molar-refractivity contribution < 1.29 is 22.8 Å². The Balaban J connectivity index is 2.80. The molecule has 0 bridgehead atoms. The van der Waals surface area contributed by atoms with Gasteiger partial charge in [-0.2, -0.15) is 0 Å². The highest BCUT2D eigenvalue weighted by Gasteiger charge is 2.33. The molecule has 17 heavy (non-hydrogen) atoms. The SMILES string of the molecule is O=CC(=O)c1cn(C(F)(F)F)c2ccccc12. The van der Waals surface area contributed by atoms with Crippen LogP contribution in [0.5, 0.6) is 0 Å². The fourth-order valence-electron chi connectivity index (χ4n) is 1.65. The lowest BCUT2D eigenvalue weighted by Crippen LogP contribution is -2.15. The van der Waals surface area contributed by atoms with Crippen LogP contribution in [0.4, 0.5) is 13.2 Å². The highest BCUT2D eigenvalue weighted by atomic mass is 19.4. The van der Waals surface area contributed by atoms with Crippen LogP contribution in [0.25, 0.3) is 10.9 Å². The second kappa shape index (κ2) is 3.73. The topological polar surface area (TPSA) is 39.1 Å². The summed E-state index contributed by atoms with van der Waals surface area (Å²) >= 11 is 0. The second-order valence-corrected chi connectivity index (χ2v) is 3.38. The summed E-state index contributed by atoms with van der Waals surface area (Å²) in [7, 11) is 0. The molecule has 0 spiro atoms. The van der Waals surface area contributed by atoms with Crippen molar-refractivity contribution in [3.05, 3.63) is 36.0 Å². The molecule has 0 atom stereocenters. The maximum atomic E-state index is 12.7. The van der Waals surface area contributed by atoms with Gasteiger partial charge >= 0.3 is 6.30 Å². The molecule has 6 heteroatoms. The van der Waals surface area contributed by atoms with Crippen LogP contribution < -0.4 is 0 Å². The van der Waals surface area contributed by atoms with Gasteiger partial charge in [-0.3, -0.25) is 14.2 Å². The van der Waals surface area contributed by atoms with Crippen LogP contribution in [0.1, 0.15) is 10.4 Å². The predicted molar refractivity (Wildman–Crippen MR) is 53.6 cm³/mol. The largest absolute Gasteiger partial charge is 0.488 e. The van der Waals surface area contributed by atoms with Crippen molar-refractivity contribution in [3.8, 4) is 0 Å². The number of hydrogen-bond donors (Lipinski definition) is 0. The smallest absolute Gasteiger partial charge is 0.294 e. The summed E-state index contributed by atoms with van der Waals surface area (Å²) in [5.41, 5.74) is -0.391. The summed E-state index contributed by atoms with van der Waals surface area (Å²) < 4.78 is 38.0. The van der Waals surface area contributed by atoms with Crippen LogP contribution in [0.3, 0.4) is 0 Å².